The smallest absolute Gasteiger partial charge is 0.227 e. The third kappa shape index (κ3) is 3.78. The van der Waals surface area contributed by atoms with Gasteiger partial charge in [-0.25, -0.2) is 13.6 Å². The van der Waals surface area contributed by atoms with E-state index in [4.69, 9.17) is 9.88 Å². The van der Waals surface area contributed by atoms with Crippen LogP contribution in [-0.2, 0) is 26.2 Å². The number of anilines is 1. The molecule has 0 bridgehead atoms. The number of sulfonamides is 1. The Morgan fingerprint density at radius 2 is 2.20 bits per heavy atom. The number of hydrogen-bond acceptors (Lipinski definition) is 4. The van der Waals surface area contributed by atoms with Crippen LogP contribution in [0.5, 0.6) is 0 Å². The number of carbonyl (C=O) groups is 1. The van der Waals surface area contributed by atoms with Crippen molar-refractivity contribution in [1.29, 1.82) is 0 Å². The molecule has 6 nitrogen and oxygen atoms in total. The monoisotopic (exact) mass is 298 g/mol. The molecular weight excluding hydrogens is 280 g/mol. The Morgan fingerprint density at radius 1 is 1.45 bits per heavy atom. The van der Waals surface area contributed by atoms with Crippen LogP contribution < -0.4 is 10.0 Å². The molecule has 7 heteroatoms. The van der Waals surface area contributed by atoms with Gasteiger partial charge in [-0.3, -0.25) is 4.79 Å². The van der Waals surface area contributed by atoms with Gasteiger partial charge in [-0.1, -0.05) is 12.1 Å². The lowest BCUT2D eigenvalue weighted by atomic mass is 10.1. The van der Waals surface area contributed by atoms with Gasteiger partial charge in [0.15, 0.2) is 0 Å². The highest BCUT2D eigenvalue weighted by molar-refractivity contribution is 7.89. The Bertz CT molecular complexity index is 600. The molecule has 110 valence electrons. The van der Waals surface area contributed by atoms with Gasteiger partial charge in [-0.2, -0.15) is 0 Å². The number of nitrogens with zero attached hydrogens (tertiary/aromatic N) is 1. The first-order chi connectivity index (χ1) is 9.39. The molecule has 1 unspecified atom stereocenters. The van der Waals surface area contributed by atoms with Gasteiger partial charge in [0.25, 0.3) is 0 Å². The normalized spacial score (nSPS) is 19.6. The minimum atomic E-state index is -3.55. The first-order valence-electron chi connectivity index (χ1n) is 6.28. The first kappa shape index (κ1) is 15.0. The third-order valence-corrected chi connectivity index (χ3v) is 4.14. The summed E-state index contributed by atoms with van der Waals surface area (Å²) < 4.78 is 27.3. The molecule has 0 aliphatic carbocycles. The number of ether oxygens (including phenoxy) is 1. The zero-order chi connectivity index (χ0) is 14.8. The minimum Gasteiger partial charge on any atom is -0.380 e. The third-order valence-electron chi connectivity index (χ3n) is 3.21. The summed E-state index contributed by atoms with van der Waals surface area (Å²) in [5, 5.41) is 5.03. The van der Waals surface area contributed by atoms with Gasteiger partial charge in [-0.15, -0.1) is 0 Å². The molecule has 0 radical (unpaired) electrons. The predicted octanol–water partition coefficient (Wildman–Crippen LogP) is 0.474. The van der Waals surface area contributed by atoms with Gasteiger partial charge < -0.3 is 9.64 Å². The first-order valence-corrected chi connectivity index (χ1v) is 7.99. The van der Waals surface area contributed by atoms with Crippen molar-refractivity contribution >= 4 is 21.6 Å². The molecule has 1 saturated heterocycles. The van der Waals surface area contributed by atoms with E-state index in [-0.39, 0.29) is 24.0 Å². The summed E-state index contributed by atoms with van der Waals surface area (Å²) in [7, 11) is -1.95. The molecule has 1 fully saturated rings. The molecule has 1 atom stereocenters. The van der Waals surface area contributed by atoms with E-state index >= 15 is 0 Å². The molecule has 2 rings (SSSR count). The standard InChI is InChI=1S/C13H18N2O4S/c1-19-8-10-3-2-4-12(5-10)15-7-11(6-13(15)16)9-20(14,17)18/h2-5,11H,6-9H2,1H3,(H2,14,17,18). The average Bonchev–Trinajstić information content (AvgIpc) is 2.68. The zero-order valence-electron chi connectivity index (χ0n) is 11.3. The maximum absolute atomic E-state index is 12.0. The van der Waals surface area contributed by atoms with E-state index in [0.717, 1.165) is 11.3 Å². The molecular formula is C13H18N2O4S. The molecule has 0 spiro atoms. The van der Waals surface area contributed by atoms with Crippen molar-refractivity contribution in [1.82, 2.24) is 0 Å². The van der Waals surface area contributed by atoms with Gasteiger partial charge in [0, 0.05) is 31.7 Å². The Kier molecular flexibility index (Phi) is 4.42. The molecule has 1 aliphatic rings. The number of rotatable bonds is 5. The van der Waals surface area contributed by atoms with E-state index in [2.05, 4.69) is 0 Å². The summed E-state index contributed by atoms with van der Waals surface area (Å²) in [6.45, 7) is 0.849. The van der Waals surface area contributed by atoms with E-state index in [1.165, 1.54) is 0 Å². The second kappa shape index (κ2) is 5.90. The van der Waals surface area contributed by atoms with Crippen molar-refractivity contribution in [3.63, 3.8) is 0 Å². The number of nitrogens with two attached hydrogens (primary N) is 1. The molecule has 20 heavy (non-hydrogen) atoms. The SMILES string of the molecule is COCc1cccc(N2CC(CS(N)(=O)=O)CC2=O)c1. The van der Waals surface area contributed by atoms with Crippen LogP contribution in [0.15, 0.2) is 24.3 Å². The van der Waals surface area contributed by atoms with Crippen LogP contribution in [0.1, 0.15) is 12.0 Å². The van der Waals surface area contributed by atoms with E-state index in [1.54, 1.807) is 12.0 Å². The van der Waals surface area contributed by atoms with Crippen molar-refractivity contribution < 1.29 is 17.9 Å². The van der Waals surface area contributed by atoms with Crippen molar-refractivity contribution in [2.75, 3.05) is 24.3 Å². The summed E-state index contributed by atoms with van der Waals surface area (Å²) in [4.78, 5) is 13.6. The molecule has 1 aromatic carbocycles. The number of hydrogen-bond donors (Lipinski definition) is 1. The highest BCUT2D eigenvalue weighted by Crippen LogP contribution is 2.26. The number of primary sulfonamides is 1. The maximum Gasteiger partial charge on any atom is 0.227 e. The number of amides is 1. The van der Waals surface area contributed by atoms with Gasteiger partial charge in [0.2, 0.25) is 15.9 Å². The van der Waals surface area contributed by atoms with Gasteiger partial charge >= 0.3 is 0 Å². The van der Waals surface area contributed by atoms with Gasteiger partial charge in [0.1, 0.15) is 0 Å². The summed E-state index contributed by atoms with van der Waals surface area (Å²) in [5.41, 5.74) is 1.73. The molecule has 1 aromatic rings. The number of benzene rings is 1. The van der Waals surface area contributed by atoms with E-state index in [1.807, 2.05) is 24.3 Å². The Labute approximate surface area is 118 Å². The topological polar surface area (TPSA) is 89.7 Å². The molecule has 0 saturated carbocycles. The van der Waals surface area contributed by atoms with Crippen LogP contribution in [0.25, 0.3) is 0 Å². The fourth-order valence-electron chi connectivity index (χ4n) is 2.45. The fourth-order valence-corrected chi connectivity index (χ4v) is 3.33. The molecule has 0 aromatic heterocycles. The second-order valence-corrected chi connectivity index (χ2v) is 6.67. The van der Waals surface area contributed by atoms with Crippen LogP contribution >= 0.6 is 0 Å². The molecule has 1 aliphatic heterocycles. The quantitative estimate of drug-likeness (QED) is 0.856. The lowest BCUT2D eigenvalue weighted by Crippen LogP contribution is -2.27. The Balaban J connectivity index is 2.13. The van der Waals surface area contributed by atoms with E-state index in [9.17, 15) is 13.2 Å². The van der Waals surface area contributed by atoms with Crippen LogP contribution in [0.3, 0.4) is 0 Å². The maximum atomic E-state index is 12.0. The van der Waals surface area contributed by atoms with Gasteiger partial charge in [0.05, 0.1) is 12.4 Å². The Morgan fingerprint density at radius 3 is 2.85 bits per heavy atom. The number of carbonyl (C=O) groups excluding carboxylic acids is 1. The lowest BCUT2D eigenvalue weighted by molar-refractivity contribution is -0.117. The van der Waals surface area contributed by atoms with E-state index < -0.39 is 10.0 Å². The minimum absolute atomic E-state index is 0.0757. The largest absolute Gasteiger partial charge is 0.380 e. The van der Waals surface area contributed by atoms with Crippen molar-refractivity contribution in [2.24, 2.45) is 11.1 Å². The second-order valence-electron chi connectivity index (χ2n) is 5.01. The Hall–Kier alpha value is -1.44. The number of methoxy groups -OCH3 is 1. The summed E-state index contributed by atoms with van der Waals surface area (Å²) in [6, 6.07) is 7.47. The predicted molar refractivity (Wildman–Crippen MR) is 75.6 cm³/mol. The highest BCUT2D eigenvalue weighted by atomic mass is 32.2. The van der Waals surface area contributed by atoms with Crippen molar-refractivity contribution in [3.8, 4) is 0 Å². The average molecular weight is 298 g/mol. The molecule has 2 N–H and O–H groups in total. The fraction of sp³-hybridized carbons (Fsp3) is 0.462. The summed E-state index contributed by atoms with van der Waals surface area (Å²) in [5.74, 6) is -0.482. The lowest BCUT2D eigenvalue weighted by Gasteiger charge is -2.17. The van der Waals surface area contributed by atoms with Crippen molar-refractivity contribution in [2.45, 2.75) is 13.0 Å². The molecule has 1 heterocycles. The van der Waals surface area contributed by atoms with Crippen LogP contribution in [0.2, 0.25) is 0 Å². The van der Waals surface area contributed by atoms with Crippen molar-refractivity contribution in [3.05, 3.63) is 29.8 Å². The van der Waals surface area contributed by atoms with E-state index in [0.29, 0.717) is 13.2 Å². The van der Waals surface area contributed by atoms with Crippen LogP contribution in [-0.4, -0.2) is 33.7 Å². The van der Waals surface area contributed by atoms with Crippen LogP contribution in [0.4, 0.5) is 5.69 Å². The molecule has 1 amide bonds. The summed E-state index contributed by atoms with van der Waals surface area (Å²) >= 11 is 0. The highest BCUT2D eigenvalue weighted by Gasteiger charge is 2.32. The zero-order valence-corrected chi connectivity index (χ0v) is 12.1. The van der Waals surface area contributed by atoms with Gasteiger partial charge in [-0.05, 0) is 17.7 Å². The van der Waals surface area contributed by atoms with Crippen LogP contribution in [0, 0.1) is 5.92 Å². The summed E-state index contributed by atoms with van der Waals surface area (Å²) in [6.07, 6.45) is 0.213.